The number of carbonyl (C=O) groups excluding carboxylic acids is 2. The number of carbonyl (C=O) groups is 3. The summed E-state index contributed by atoms with van der Waals surface area (Å²) < 4.78 is 5.40. The Balaban J connectivity index is 1.66. The van der Waals surface area contributed by atoms with Crippen LogP contribution in [-0.2, 0) is 14.3 Å². The smallest absolute Gasteiger partial charge is 0.407 e. The van der Waals surface area contributed by atoms with Gasteiger partial charge in [-0.1, -0.05) is 48.5 Å². The van der Waals surface area contributed by atoms with Crippen LogP contribution in [0.5, 0.6) is 0 Å². The van der Waals surface area contributed by atoms with Gasteiger partial charge in [-0.05, 0) is 28.7 Å². The molecule has 0 aliphatic heterocycles. The van der Waals surface area contributed by atoms with Crippen LogP contribution in [0.1, 0.15) is 29.9 Å². The van der Waals surface area contributed by atoms with E-state index in [0.29, 0.717) is 0 Å². The molecule has 0 aromatic heterocycles. The van der Waals surface area contributed by atoms with E-state index in [-0.39, 0.29) is 32.0 Å². The van der Waals surface area contributed by atoms with Crippen molar-refractivity contribution in [2.75, 3.05) is 13.3 Å². The molecule has 1 aliphatic carbocycles. The average molecular weight is 397 g/mol. The van der Waals surface area contributed by atoms with Crippen molar-refractivity contribution in [2.24, 2.45) is 5.73 Å². The topological polar surface area (TPSA) is 131 Å². The highest BCUT2D eigenvalue weighted by molar-refractivity contribution is 5.86. The summed E-state index contributed by atoms with van der Waals surface area (Å²) in [6.45, 7) is -0.0151. The van der Waals surface area contributed by atoms with Crippen molar-refractivity contribution in [2.45, 2.75) is 24.8 Å². The van der Waals surface area contributed by atoms with Crippen LogP contribution in [0.2, 0.25) is 0 Å². The first-order chi connectivity index (χ1) is 14.0. The molecule has 2 aromatic carbocycles. The van der Waals surface area contributed by atoms with Crippen LogP contribution < -0.4 is 16.4 Å². The van der Waals surface area contributed by atoms with Gasteiger partial charge in [0, 0.05) is 12.3 Å². The van der Waals surface area contributed by atoms with E-state index in [1.165, 1.54) is 0 Å². The largest absolute Gasteiger partial charge is 0.481 e. The van der Waals surface area contributed by atoms with Crippen LogP contribution in [0.25, 0.3) is 11.1 Å². The number of hydrogen-bond donors (Lipinski definition) is 4. The molecule has 0 saturated carbocycles. The molecule has 2 amide bonds. The predicted octanol–water partition coefficient (Wildman–Crippen LogP) is 1.79. The van der Waals surface area contributed by atoms with Crippen molar-refractivity contribution in [3.63, 3.8) is 0 Å². The van der Waals surface area contributed by atoms with Gasteiger partial charge in [0.1, 0.15) is 12.6 Å². The third-order valence-corrected chi connectivity index (χ3v) is 4.88. The minimum absolute atomic E-state index is 0.0641. The van der Waals surface area contributed by atoms with E-state index in [0.717, 1.165) is 22.3 Å². The maximum atomic E-state index is 12.3. The Labute approximate surface area is 168 Å². The number of nitrogens with two attached hydrogens (primary N) is 1. The monoisotopic (exact) mass is 397 g/mol. The Morgan fingerprint density at radius 3 is 2.17 bits per heavy atom. The van der Waals surface area contributed by atoms with Crippen LogP contribution >= 0.6 is 0 Å². The maximum Gasteiger partial charge on any atom is 0.407 e. The maximum absolute atomic E-state index is 12.3. The zero-order chi connectivity index (χ0) is 20.8. The summed E-state index contributed by atoms with van der Waals surface area (Å²) in [6.07, 6.45) is -1.12. The molecule has 1 aliphatic rings. The van der Waals surface area contributed by atoms with Gasteiger partial charge in [0.05, 0.1) is 6.67 Å². The van der Waals surface area contributed by atoms with E-state index >= 15 is 0 Å². The second-order valence-corrected chi connectivity index (χ2v) is 6.70. The highest BCUT2D eigenvalue weighted by Gasteiger charge is 2.29. The van der Waals surface area contributed by atoms with E-state index < -0.39 is 24.0 Å². The number of ether oxygens (including phenoxy) is 1. The zero-order valence-electron chi connectivity index (χ0n) is 15.8. The molecule has 1 unspecified atom stereocenters. The van der Waals surface area contributed by atoms with Gasteiger partial charge in [-0.3, -0.25) is 9.59 Å². The normalized spacial score (nSPS) is 13.1. The predicted molar refractivity (Wildman–Crippen MR) is 106 cm³/mol. The molecule has 8 heteroatoms. The Bertz CT molecular complexity index is 869. The molecule has 0 heterocycles. The van der Waals surface area contributed by atoms with Crippen molar-refractivity contribution < 1.29 is 24.2 Å². The van der Waals surface area contributed by atoms with Crippen molar-refractivity contribution in [1.29, 1.82) is 0 Å². The Hall–Kier alpha value is -3.39. The summed E-state index contributed by atoms with van der Waals surface area (Å²) >= 11 is 0. The van der Waals surface area contributed by atoms with Gasteiger partial charge in [0.25, 0.3) is 0 Å². The molecular weight excluding hydrogens is 374 g/mol. The van der Waals surface area contributed by atoms with Gasteiger partial charge >= 0.3 is 12.1 Å². The van der Waals surface area contributed by atoms with Crippen LogP contribution in [-0.4, -0.2) is 42.4 Å². The first-order valence-corrected chi connectivity index (χ1v) is 9.32. The molecule has 0 bridgehead atoms. The molecule has 8 nitrogen and oxygen atoms in total. The first kappa shape index (κ1) is 20.3. The Kier molecular flexibility index (Phi) is 6.46. The van der Waals surface area contributed by atoms with Gasteiger partial charge in [0.2, 0.25) is 5.91 Å². The number of fused-ring (bicyclic) bond motifs is 3. The number of benzene rings is 2. The van der Waals surface area contributed by atoms with Gasteiger partial charge in [0.15, 0.2) is 0 Å². The SMILES string of the molecule is NCNC(=O)C(CCC(=O)O)NC(=O)OCC1c2ccccc2-c2ccccc21. The highest BCUT2D eigenvalue weighted by Crippen LogP contribution is 2.44. The number of aliphatic carboxylic acids is 1. The summed E-state index contributed by atoms with van der Waals surface area (Å²) in [4.78, 5) is 35.1. The number of hydrogen-bond acceptors (Lipinski definition) is 5. The van der Waals surface area contributed by atoms with Gasteiger partial charge in [-0.25, -0.2) is 4.79 Å². The second-order valence-electron chi connectivity index (χ2n) is 6.70. The highest BCUT2D eigenvalue weighted by atomic mass is 16.5. The van der Waals surface area contributed by atoms with Crippen LogP contribution in [0.3, 0.4) is 0 Å². The summed E-state index contributed by atoms with van der Waals surface area (Å²) in [6, 6.07) is 14.9. The second kappa shape index (κ2) is 9.20. The van der Waals surface area contributed by atoms with Crippen molar-refractivity contribution in [3.8, 4) is 11.1 Å². The Morgan fingerprint density at radius 2 is 1.62 bits per heavy atom. The molecule has 29 heavy (non-hydrogen) atoms. The molecule has 0 saturated heterocycles. The van der Waals surface area contributed by atoms with Gasteiger partial charge in [-0.2, -0.15) is 0 Å². The van der Waals surface area contributed by atoms with E-state index in [4.69, 9.17) is 15.6 Å². The molecule has 3 rings (SSSR count). The van der Waals surface area contributed by atoms with E-state index in [2.05, 4.69) is 10.6 Å². The lowest BCUT2D eigenvalue weighted by Gasteiger charge is -2.19. The molecule has 1 atom stereocenters. The average Bonchev–Trinajstić information content (AvgIpc) is 3.03. The summed E-state index contributed by atoms with van der Waals surface area (Å²) in [7, 11) is 0. The minimum Gasteiger partial charge on any atom is -0.481 e. The zero-order valence-corrected chi connectivity index (χ0v) is 15.8. The fraction of sp³-hybridized carbons (Fsp3) is 0.286. The van der Waals surface area contributed by atoms with Gasteiger partial charge < -0.3 is 26.2 Å². The number of nitrogens with one attached hydrogen (secondary N) is 2. The molecular formula is C21H23N3O5. The molecule has 5 N–H and O–H groups in total. The molecule has 0 fully saturated rings. The number of carboxylic acids is 1. The van der Waals surface area contributed by atoms with Crippen LogP contribution in [0.15, 0.2) is 48.5 Å². The fourth-order valence-electron chi connectivity index (χ4n) is 3.54. The summed E-state index contributed by atoms with van der Waals surface area (Å²) in [5.41, 5.74) is 9.66. The third kappa shape index (κ3) is 4.72. The minimum atomic E-state index is -1.06. The standard InChI is InChI=1S/C21H23N3O5/c22-12-23-20(27)18(9-10-19(25)26)24-21(28)29-11-17-15-7-3-1-5-13(15)14-6-2-4-8-16(14)17/h1-8,17-18H,9-12,22H2,(H,23,27)(H,24,28)(H,25,26). The lowest BCUT2D eigenvalue weighted by atomic mass is 9.98. The number of rotatable bonds is 8. The lowest BCUT2D eigenvalue weighted by Crippen LogP contribution is -2.48. The first-order valence-electron chi connectivity index (χ1n) is 9.32. The third-order valence-electron chi connectivity index (χ3n) is 4.88. The van der Waals surface area contributed by atoms with E-state index in [1.54, 1.807) is 0 Å². The molecule has 0 radical (unpaired) electrons. The summed E-state index contributed by atoms with van der Waals surface area (Å²) in [5.74, 6) is -1.73. The number of amides is 2. The number of carboxylic acid groups (broad SMARTS) is 1. The molecule has 2 aromatic rings. The van der Waals surface area contributed by atoms with Crippen molar-refractivity contribution >= 4 is 18.0 Å². The van der Waals surface area contributed by atoms with Crippen LogP contribution in [0, 0.1) is 0 Å². The number of alkyl carbamates (subject to hydrolysis) is 1. The quantitative estimate of drug-likeness (QED) is 0.502. The lowest BCUT2D eigenvalue weighted by molar-refractivity contribution is -0.137. The van der Waals surface area contributed by atoms with E-state index in [9.17, 15) is 14.4 Å². The van der Waals surface area contributed by atoms with Crippen LogP contribution in [0.4, 0.5) is 4.79 Å². The fourth-order valence-corrected chi connectivity index (χ4v) is 3.54. The molecule has 152 valence electrons. The Morgan fingerprint density at radius 1 is 1.03 bits per heavy atom. The van der Waals surface area contributed by atoms with E-state index in [1.807, 2.05) is 48.5 Å². The van der Waals surface area contributed by atoms with Gasteiger partial charge in [-0.15, -0.1) is 0 Å². The van der Waals surface area contributed by atoms with Crippen molar-refractivity contribution in [3.05, 3.63) is 59.7 Å². The molecule has 0 spiro atoms. The van der Waals surface area contributed by atoms with Crippen molar-refractivity contribution in [1.82, 2.24) is 10.6 Å². The summed E-state index contributed by atoms with van der Waals surface area (Å²) in [5, 5.41) is 13.7.